The SMILES string of the molecule is [Cl][Ru]([Cl])=[c]1n(C2CCCCC2)ccn1C1CCCCC1. The zero-order valence-corrected chi connectivity index (χ0v) is 15.1. The van der Waals surface area contributed by atoms with Crippen molar-refractivity contribution in [3.05, 3.63) is 16.4 Å². The molecule has 1 aromatic rings. The number of hydrogen-bond donors (Lipinski definition) is 0. The molecule has 2 aliphatic carbocycles. The third kappa shape index (κ3) is 3.26. The number of halogens is 2. The van der Waals surface area contributed by atoms with Gasteiger partial charge in [0.25, 0.3) is 0 Å². The van der Waals surface area contributed by atoms with Crippen LogP contribution in [0.15, 0.2) is 12.4 Å². The molecule has 2 fully saturated rings. The fourth-order valence-electron chi connectivity index (χ4n) is 3.79. The van der Waals surface area contributed by atoms with Gasteiger partial charge in [-0.1, -0.05) is 0 Å². The summed E-state index contributed by atoms with van der Waals surface area (Å²) in [4.78, 5) is 0. The summed E-state index contributed by atoms with van der Waals surface area (Å²) in [7, 11) is 12.9. The van der Waals surface area contributed by atoms with Gasteiger partial charge < -0.3 is 0 Å². The molecule has 0 spiro atoms. The van der Waals surface area contributed by atoms with Crippen LogP contribution in [0.4, 0.5) is 0 Å². The molecular weight excluding hydrogens is 380 g/mol. The van der Waals surface area contributed by atoms with E-state index in [1.807, 2.05) is 0 Å². The summed E-state index contributed by atoms with van der Waals surface area (Å²) in [5.41, 5.74) is 0. The first-order valence-corrected chi connectivity index (χ1v) is 13.2. The van der Waals surface area contributed by atoms with Crippen molar-refractivity contribution in [1.29, 1.82) is 0 Å². The molecule has 0 amide bonds. The van der Waals surface area contributed by atoms with E-state index >= 15 is 0 Å². The molecule has 0 radical (unpaired) electrons. The molecule has 2 aliphatic rings. The Bertz CT molecular complexity index is 466. The second-order valence-corrected chi connectivity index (χ2v) is 11.8. The van der Waals surface area contributed by atoms with Crippen LogP contribution in [0.2, 0.25) is 0 Å². The number of hydrogen-bond acceptors (Lipinski definition) is 0. The van der Waals surface area contributed by atoms with Crippen LogP contribution in [0.5, 0.6) is 0 Å². The predicted octanol–water partition coefficient (Wildman–Crippen LogP) is 5.76. The molecule has 116 valence electrons. The molecule has 0 aliphatic heterocycles. The van der Waals surface area contributed by atoms with Gasteiger partial charge >= 0.3 is 135 Å². The van der Waals surface area contributed by atoms with Gasteiger partial charge in [-0.15, -0.1) is 0 Å². The summed E-state index contributed by atoms with van der Waals surface area (Å²) in [5.74, 6) is 0. The average Bonchev–Trinajstić information content (AvgIpc) is 2.94. The van der Waals surface area contributed by atoms with Crippen molar-refractivity contribution < 1.29 is 13.5 Å². The molecule has 0 unspecified atom stereocenters. The topological polar surface area (TPSA) is 9.86 Å². The summed E-state index contributed by atoms with van der Waals surface area (Å²) in [6.45, 7) is 0. The minimum atomic E-state index is -1.88. The van der Waals surface area contributed by atoms with Crippen molar-refractivity contribution in [2.75, 3.05) is 0 Å². The molecule has 0 atom stereocenters. The number of rotatable bonds is 2. The molecule has 3 rings (SSSR count). The van der Waals surface area contributed by atoms with E-state index in [0.717, 1.165) is 0 Å². The second kappa shape index (κ2) is 7.12. The van der Waals surface area contributed by atoms with Crippen LogP contribution < -0.4 is 0 Å². The van der Waals surface area contributed by atoms with Gasteiger partial charge in [-0.3, -0.25) is 0 Å². The molecule has 0 saturated heterocycles. The monoisotopic (exact) mass is 404 g/mol. The van der Waals surface area contributed by atoms with E-state index in [9.17, 15) is 0 Å². The number of nitrogens with zero attached hydrogens (tertiary/aromatic N) is 2. The van der Waals surface area contributed by atoms with Crippen LogP contribution >= 0.6 is 19.4 Å². The van der Waals surface area contributed by atoms with Crippen molar-refractivity contribution in [3.63, 3.8) is 0 Å². The Balaban J connectivity index is 1.95. The molecule has 2 saturated carbocycles. The van der Waals surface area contributed by atoms with Gasteiger partial charge in [0.2, 0.25) is 0 Å². The maximum atomic E-state index is 6.46. The summed E-state index contributed by atoms with van der Waals surface area (Å²) < 4.78 is 6.14. The zero-order chi connectivity index (χ0) is 13.9. The number of imidazole rings is 1. The van der Waals surface area contributed by atoms with Gasteiger partial charge in [-0.25, -0.2) is 0 Å². The fourth-order valence-corrected chi connectivity index (χ4v) is 6.99. The average molecular weight is 404 g/mol. The van der Waals surface area contributed by atoms with Crippen molar-refractivity contribution in [2.45, 2.75) is 76.3 Å². The third-order valence-corrected chi connectivity index (χ3v) is 7.76. The Morgan fingerprint density at radius 3 is 1.50 bits per heavy atom. The van der Waals surface area contributed by atoms with Crippen LogP contribution in [0.1, 0.15) is 76.3 Å². The Labute approximate surface area is 134 Å². The van der Waals surface area contributed by atoms with E-state index in [1.54, 1.807) is 0 Å². The summed E-state index contributed by atoms with van der Waals surface area (Å²) >= 11 is -1.88. The molecule has 2 nitrogen and oxygen atoms in total. The summed E-state index contributed by atoms with van der Waals surface area (Å²) in [5, 5.41) is 0. The molecule has 20 heavy (non-hydrogen) atoms. The van der Waals surface area contributed by atoms with Gasteiger partial charge in [-0.05, 0) is 0 Å². The summed E-state index contributed by atoms with van der Waals surface area (Å²) in [6.07, 6.45) is 17.9. The normalized spacial score (nSPS) is 23.0. The van der Waals surface area contributed by atoms with E-state index < -0.39 is 13.5 Å². The minimum absolute atomic E-state index is 0.636. The van der Waals surface area contributed by atoms with Gasteiger partial charge in [0.15, 0.2) is 0 Å². The molecule has 5 heteroatoms. The van der Waals surface area contributed by atoms with E-state index in [-0.39, 0.29) is 0 Å². The van der Waals surface area contributed by atoms with E-state index in [1.165, 1.54) is 68.2 Å². The quantitative estimate of drug-likeness (QED) is 0.555. The summed E-state index contributed by atoms with van der Waals surface area (Å²) in [6, 6.07) is 1.27. The molecule has 0 N–H and O–H groups in total. The fraction of sp³-hybridized carbons (Fsp3) is 0.800. The zero-order valence-electron chi connectivity index (χ0n) is 11.9. The molecular formula is C15H24Cl2N2Ru. The van der Waals surface area contributed by atoms with Crippen molar-refractivity contribution in [3.8, 4) is 0 Å². The van der Waals surface area contributed by atoms with Crippen LogP contribution in [0.3, 0.4) is 0 Å². The number of aromatic nitrogens is 2. The van der Waals surface area contributed by atoms with Gasteiger partial charge in [0.1, 0.15) is 0 Å². The standard InChI is InChI=1S/C15H24N2.2ClH.Ru/c1-3-7-14(8-4-1)16-11-12-17(13-16)15-9-5-2-6-10-15;;;/h11-12,14-15H,1-10H2;2*1H;/q;;;+2/p-2. The first-order valence-electron chi connectivity index (χ1n) is 7.89. The van der Waals surface area contributed by atoms with Crippen LogP contribution in [0, 0.1) is 4.01 Å². The molecule has 0 bridgehead atoms. The van der Waals surface area contributed by atoms with Crippen LogP contribution in [-0.4, -0.2) is 9.13 Å². The van der Waals surface area contributed by atoms with E-state index in [4.69, 9.17) is 19.4 Å². The first-order chi connectivity index (χ1) is 9.77. The second-order valence-electron chi connectivity index (χ2n) is 6.14. The van der Waals surface area contributed by atoms with Crippen molar-refractivity contribution in [1.82, 2.24) is 9.13 Å². The first kappa shape index (κ1) is 15.3. The maximum absolute atomic E-state index is 6.46. The van der Waals surface area contributed by atoms with Crippen molar-refractivity contribution in [2.24, 2.45) is 0 Å². The Morgan fingerprint density at radius 2 is 1.15 bits per heavy atom. The van der Waals surface area contributed by atoms with Gasteiger partial charge in [0, 0.05) is 0 Å². The third-order valence-electron chi connectivity index (χ3n) is 4.86. The van der Waals surface area contributed by atoms with Gasteiger partial charge in [-0.2, -0.15) is 0 Å². The molecule has 1 aromatic heterocycles. The predicted molar refractivity (Wildman–Crippen MR) is 81.6 cm³/mol. The van der Waals surface area contributed by atoms with Crippen LogP contribution in [0.25, 0.3) is 0 Å². The molecule has 0 aromatic carbocycles. The molecule has 1 heterocycles. The Kier molecular flexibility index (Phi) is 5.45. The van der Waals surface area contributed by atoms with Crippen molar-refractivity contribution >= 4 is 19.4 Å². The van der Waals surface area contributed by atoms with Crippen LogP contribution in [-0.2, 0) is 13.5 Å². The Hall–Kier alpha value is 0.413. The van der Waals surface area contributed by atoms with E-state index in [2.05, 4.69) is 21.5 Å². The Morgan fingerprint density at radius 1 is 0.750 bits per heavy atom. The van der Waals surface area contributed by atoms with E-state index in [0.29, 0.717) is 12.1 Å². The van der Waals surface area contributed by atoms with Gasteiger partial charge in [0.05, 0.1) is 0 Å².